The van der Waals surface area contributed by atoms with Gasteiger partial charge < -0.3 is 49.1 Å². The van der Waals surface area contributed by atoms with Crippen molar-refractivity contribution in [1.29, 1.82) is 0 Å². The number of rotatable bonds is 9. The van der Waals surface area contributed by atoms with E-state index >= 15 is 0 Å². The number of hydrogen-bond donors (Lipinski definition) is 4. The van der Waals surface area contributed by atoms with E-state index in [2.05, 4.69) is 0 Å². The van der Waals surface area contributed by atoms with Crippen LogP contribution in [0.15, 0.2) is 41.3 Å². The maximum Gasteiger partial charge on any atom is 0.346 e. The average Bonchev–Trinajstić information content (AvgIpc) is 2.96. The first kappa shape index (κ1) is 32.3. The lowest BCUT2D eigenvalue weighted by atomic mass is 9.98. The number of pyridine rings is 1. The van der Waals surface area contributed by atoms with Crippen molar-refractivity contribution < 1.29 is 53.7 Å². The molecule has 0 aliphatic carbocycles. The average molecular weight is 623 g/mol. The van der Waals surface area contributed by atoms with Crippen LogP contribution >= 0.6 is 11.6 Å². The van der Waals surface area contributed by atoms with Gasteiger partial charge in [0.1, 0.15) is 41.5 Å². The molecule has 1 aromatic heterocycles. The van der Waals surface area contributed by atoms with Crippen molar-refractivity contribution >= 4 is 34.4 Å². The highest BCUT2D eigenvalue weighted by molar-refractivity contribution is 6.30. The van der Waals surface area contributed by atoms with Crippen LogP contribution in [-0.4, -0.2) is 81.4 Å². The topological polar surface area (TPSA) is 188 Å². The van der Waals surface area contributed by atoms with Crippen molar-refractivity contribution in [2.45, 2.75) is 57.0 Å². The summed E-state index contributed by atoms with van der Waals surface area (Å²) in [4.78, 5) is 38.4. The molecule has 12 nitrogen and oxygen atoms in total. The number of esters is 1. The summed E-state index contributed by atoms with van der Waals surface area (Å²) in [5.74, 6) is -3.88. The molecule has 43 heavy (non-hydrogen) atoms. The Kier molecular flexibility index (Phi) is 9.74. The molecule has 4 rings (SSSR count). The number of aliphatic carboxylic acids is 1. The first-order valence-electron chi connectivity index (χ1n) is 13.2. The Hall–Kier alpha value is -3.59. The van der Waals surface area contributed by atoms with E-state index in [-0.39, 0.29) is 39.6 Å². The highest BCUT2D eigenvalue weighted by Gasteiger charge is 2.46. The fourth-order valence-electron chi connectivity index (χ4n) is 4.99. The molecule has 0 saturated carbocycles. The molecule has 0 spiro atoms. The van der Waals surface area contributed by atoms with E-state index in [0.717, 1.165) is 6.20 Å². The van der Waals surface area contributed by atoms with Crippen molar-refractivity contribution in [3.8, 4) is 5.75 Å². The number of hydrogen-bond acceptors (Lipinski definition) is 11. The predicted octanol–water partition coefficient (Wildman–Crippen LogP) is 0.297. The fraction of sp³-hybridized carbons (Fsp3) is 0.414. The second-order valence-corrected chi connectivity index (χ2v) is 10.9. The van der Waals surface area contributed by atoms with Crippen molar-refractivity contribution in [3.63, 3.8) is 0 Å². The summed E-state index contributed by atoms with van der Waals surface area (Å²) in [6, 6.07) is 6.73. The molecule has 0 radical (unpaired) electrons. The standard InChI is InChI=1S/C29H31ClFNO11/c1-12(2)19(11-33)32-10-16(28(40)43-29-25(37)23(35)24(36)26(42-29)27(38)39)22(34)15-8-14(20(41-3)9-18(15)32)7-13-5-4-6-17(30)21(13)31/h4-6,8-10,12,19,23-26,29,33,35-37H,7,11H2,1-3H3,(H,38,39)/p-1/t19-,23+,24+,25-,26+,29+/m1/s1. The summed E-state index contributed by atoms with van der Waals surface area (Å²) in [6.07, 6.45) is -9.37. The number of benzene rings is 2. The second-order valence-electron chi connectivity index (χ2n) is 10.5. The van der Waals surface area contributed by atoms with Crippen LogP contribution in [0.1, 0.15) is 41.4 Å². The van der Waals surface area contributed by atoms with Gasteiger partial charge in [-0.3, -0.25) is 4.79 Å². The summed E-state index contributed by atoms with van der Waals surface area (Å²) >= 11 is 5.94. The van der Waals surface area contributed by atoms with E-state index in [1.807, 2.05) is 0 Å². The number of ether oxygens (including phenoxy) is 3. The van der Waals surface area contributed by atoms with Crippen molar-refractivity contribution in [3.05, 3.63) is 74.3 Å². The quantitative estimate of drug-likeness (QED) is 0.240. The number of carboxylic acid groups (broad SMARTS) is 1. The zero-order chi connectivity index (χ0) is 31.7. The van der Waals surface area contributed by atoms with Gasteiger partial charge in [-0.15, -0.1) is 0 Å². The molecule has 0 bridgehead atoms. The summed E-state index contributed by atoms with van der Waals surface area (Å²) in [5.41, 5.74) is -0.586. The third-order valence-corrected chi connectivity index (χ3v) is 7.70. The first-order chi connectivity index (χ1) is 20.3. The molecule has 2 heterocycles. The van der Waals surface area contributed by atoms with E-state index in [0.29, 0.717) is 5.56 Å². The largest absolute Gasteiger partial charge is 0.547 e. The summed E-state index contributed by atoms with van der Waals surface area (Å²) in [5, 5.41) is 51.6. The van der Waals surface area contributed by atoms with Crippen molar-refractivity contribution in [2.24, 2.45) is 5.92 Å². The smallest absolute Gasteiger partial charge is 0.346 e. The SMILES string of the molecule is COc1cc2c(cc1Cc1cccc(Cl)c1F)c(=O)c(C(=O)O[C@@H]1O[C@H](C(=O)[O-])[C@@H](O)[C@H](O)[C@H]1O)cn2[C@H](CO)C(C)C. The Morgan fingerprint density at radius 2 is 1.84 bits per heavy atom. The lowest BCUT2D eigenvalue weighted by Gasteiger charge is -2.40. The van der Waals surface area contributed by atoms with Crippen LogP contribution in [-0.2, 0) is 20.7 Å². The molecule has 0 amide bonds. The zero-order valence-corrected chi connectivity index (χ0v) is 24.0. The van der Waals surface area contributed by atoms with Crippen LogP contribution in [0.5, 0.6) is 5.75 Å². The summed E-state index contributed by atoms with van der Waals surface area (Å²) in [6.45, 7) is 3.20. The number of nitrogens with zero attached hydrogens (tertiary/aromatic N) is 1. The molecule has 1 aliphatic rings. The lowest BCUT2D eigenvalue weighted by Crippen LogP contribution is -2.62. The van der Waals surface area contributed by atoms with Gasteiger partial charge in [0.25, 0.3) is 0 Å². The number of fused-ring (bicyclic) bond motifs is 1. The molecule has 232 valence electrons. The van der Waals surface area contributed by atoms with Crippen molar-refractivity contribution in [2.75, 3.05) is 13.7 Å². The van der Waals surface area contributed by atoms with Crippen LogP contribution < -0.4 is 15.3 Å². The zero-order valence-electron chi connectivity index (χ0n) is 23.3. The van der Waals surface area contributed by atoms with Gasteiger partial charge in [0, 0.05) is 24.1 Å². The Morgan fingerprint density at radius 1 is 1.14 bits per heavy atom. The van der Waals surface area contributed by atoms with Gasteiger partial charge in [-0.1, -0.05) is 37.6 Å². The Morgan fingerprint density at radius 3 is 2.44 bits per heavy atom. The lowest BCUT2D eigenvalue weighted by molar-refractivity contribution is -0.344. The Labute approximate surface area is 249 Å². The van der Waals surface area contributed by atoms with Crippen LogP contribution in [0.3, 0.4) is 0 Å². The molecule has 4 N–H and O–H groups in total. The molecule has 1 aliphatic heterocycles. The molecule has 1 fully saturated rings. The van der Waals surface area contributed by atoms with E-state index < -0.39 is 72.1 Å². The minimum absolute atomic E-state index is 0.0278. The van der Waals surface area contributed by atoms with Crippen LogP contribution in [0, 0.1) is 11.7 Å². The number of carbonyl (C=O) groups is 2. The third-order valence-electron chi connectivity index (χ3n) is 7.41. The summed E-state index contributed by atoms with van der Waals surface area (Å²) < 4.78 is 31.8. The van der Waals surface area contributed by atoms with E-state index in [1.165, 1.54) is 35.9 Å². The minimum Gasteiger partial charge on any atom is -0.547 e. The van der Waals surface area contributed by atoms with Crippen LogP contribution in [0.2, 0.25) is 5.02 Å². The van der Waals surface area contributed by atoms with Gasteiger partial charge in [-0.2, -0.15) is 0 Å². The fourth-order valence-corrected chi connectivity index (χ4v) is 5.18. The first-order valence-corrected chi connectivity index (χ1v) is 13.6. The van der Waals surface area contributed by atoms with E-state index in [4.69, 9.17) is 25.8 Å². The molecule has 1 saturated heterocycles. The maximum atomic E-state index is 14.7. The minimum atomic E-state index is -2.15. The van der Waals surface area contributed by atoms with Gasteiger partial charge >= 0.3 is 5.97 Å². The predicted molar refractivity (Wildman–Crippen MR) is 147 cm³/mol. The second kappa shape index (κ2) is 13.0. The third kappa shape index (κ3) is 6.23. The molecular formula is C29H30ClFNO11-. The number of aromatic nitrogens is 1. The van der Waals surface area contributed by atoms with Crippen LogP contribution in [0.25, 0.3) is 10.9 Å². The normalized spacial score (nSPS) is 22.9. The van der Waals surface area contributed by atoms with Crippen molar-refractivity contribution in [1.82, 2.24) is 4.57 Å². The summed E-state index contributed by atoms with van der Waals surface area (Å²) in [7, 11) is 1.39. The molecule has 14 heteroatoms. The van der Waals surface area contributed by atoms with Gasteiger partial charge in [-0.05, 0) is 29.2 Å². The maximum absolute atomic E-state index is 14.7. The van der Waals surface area contributed by atoms with Gasteiger partial charge in [0.05, 0.1) is 36.3 Å². The van der Waals surface area contributed by atoms with E-state index in [1.54, 1.807) is 19.9 Å². The monoisotopic (exact) mass is 622 g/mol. The molecule has 6 atom stereocenters. The van der Waals surface area contributed by atoms with Crippen LogP contribution in [0.4, 0.5) is 4.39 Å². The Balaban J connectivity index is 1.86. The number of aliphatic hydroxyl groups is 4. The number of methoxy groups -OCH3 is 1. The highest BCUT2D eigenvalue weighted by atomic mass is 35.5. The molecule has 3 aromatic rings. The number of carbonyl (C=O) groups excluding carboxylic acids is 2. The molecule has 2 aromatic carbocycles. The highest BCUT2D eigenvalue weighted by Crippen LogP contribution is 2.32. The van der Waals surface area contributed by atoms with Gasteiger partial charge in [0.15, 0.2) is 0 Å². The molecule has 0 unspecified atom stereocenters. The number of carboxylic acids is 1. The van der Waals surface area contributed by atoms with Gasteiger partial charge in [0.2, 0.25) is 11.7 Å². The van der Waals surface area contributed by atoms with E-state index in [9.17, 15) is 44.3 Å². The van der Waals surface area contributed by atoms with Gasteiger partial charge in [-0.25, -0.2) is 9.18 Å². The number of halogens is 2. The number of aliphatic hydroxyl groups excluding tert-OH is 4. The molecular weight excluding hydrogens is 593 g/mol. The Bertz CT molecular complexity index is 1590.